The average Bonchev–Trinajstić information content (AvgIpc) is 3.41. The number of nitrogens with zero attached hydrogens (tertiary/aromatic N) is 1. The fraction of sp³-hybridized carbons (Fsp3) is 0.100. The smallest absolute Gasteiger partial charge is 0.290 e. The predicted octanol–water partition coefficient (Wildman–Crippen LogP) is 4.26. The number of aliphatic hydroxyl groups excluding tert-OH is 1. The van der Waals surface area contributed by atoms with E-state index >= 15 is 0 Å². The first-order valence-electron chi connectivity index (χ1n) is 8.16. The number of thiophene rings is 1. The SMILES string of the molecule is O=C(C1=C(O)C(=O)N(Cc2ccc(F)cc2)C1c1ccco1)c1cccs1. The minimum Gasteiger partial charge on any atom is -0.503 e. The molecule has 0 radical (unpaired) electrons. The molecule has 1 aromatic carbocycles. The lowest BCUT2D eigenvalue weighted by molar-refractivity contribution is -0.130. The molecule has 0 aliphatic carbocycles. The van der Waals surface area contributed by atoms with Gasteiger partial charge in [-0.1, -0.05) is 18.2 Å². The Labute approximate surface area is 158 Å². The molecule has 4 rings (SSSR count). The van der Waals surface area contributed by atoms with Crippen molar-refractivity contribution in [3.63, 3.8) is 0 Å². The van der Waals surface area contributed by atoms with Crippen LogP contribution in [-0.2, 0) is 11.3 Å². The van der Waals surface area contributed by atoms with Crippen LogP contribution in [0.2, 0.25) is 0 Å². The number of aliphatic hydroxyl groups is 1. The summed E-state index contributed by atoms with van der Waals surface area (Å²) in [6, 6.07) is 11.5. The molecule has 3 aromatic rings. The standard InChI is InChI=1S/C20H14FNO4S/c21-13-7-5-12(6-8-13)11-22-17(14-3-1-9-26-14)16(19(24)20(22)25)18(23)15-4-2-10-27-15/h1-10,17,24H,11H2. The van der Waals surface area contributed by atoms with Gasteiger partial charge in [0, 0.05) is 6.54 Å². The van der Waals surface area contributed by atoms with Crippen LogP contribution < -0.4 is 0 Å². The molecule has 136 valence electrons. The van der Waals surface area contributed by atoms with E-state index in [1.165, 1.54) is 34.6 Å². The van der Waals surface area contributed by atoms with Crippen molar-refractivity contribution in [1.29, 1.82) is 0 Å². The van der Waals surface area contributed by atoms with E-state index in [1.54, 1.807) is 41.8 Å². The summed E-state index contributed by atoms with van der Waals surface area (Å²) in [6.07, 6.45) is 1.44. The molecule has 0 spiro atoms. The lowest BCUT2D eigenvalue weighted by atomic mass is 10.00. The number of benzene rings is 1. The largest absolute Gasteiger partial charge is 0.503 e. The zero-order valence-corrected chi connectivity index (χ0v) is 14.8. The number of ketones is 1. The van der Waals surface area contributed by atoms with Gasteiger partial charge in [0.05, 0.1) is 16.7 Å². The van der Waals surface area contributed by atoms with Crippen LogP contribution in [0.25, 0.3) is 0 Å². The molecule has 1 aliphatic heterocycles. The second kappa shape index (κ2) is 6.85. The Balaban J connectivity index is 1.75. The molecule has 5 nitrogen and oxygen atoms in total. The van der Waals surface area contributed by atoms with Gasteiger partial charge in [-0.2, -0.15) is 0 Å². The van der Waals surface area contributed by atoms with Crippen molar-refractivity contribution in [2.75, 3.05) is 0 Å². The summed E-state index contributed by atoms with van der Waals surface area (Å²) < 4.78 is 18.6. The van der Waals surface area contributed by atoms with Crippen LogP contribution in [0.1, 0.15) is 27.0 Å². The molecule has 1 atom stereocenters. The number of hydrogen-bond acceptors (Lipinski definition) is 5. The Morgan fingerprint density at radius 1 is 1.19 bits per heavy atom. The van der Waals surface area contributed by atoms with Crippen molar-refractivity contribution in [3.05, 3.63) is 93.5 Å². The van der Waals surface area contributed by atoms with Crippen LogP contribution in [0, 0.1) is 5.82 Å². The van der Waals surface area contributed by atoms with E-state index in [-0.39, 0.29) is 17.9 Å². The van der Waals surface area contributed by atoms with Gasteiger partial charge in [0.1, 0.15) is 17.6 Å². The molecule has 0 bridgehead atoms. The van der Waals surface area contributed by atoms with Gasteiger partial charge in [0.15, 0.2) is 5.76 Å². The highest BCUT2D eigenvalue weighted by atomic mass is 32.1. The van der Waals surface area contributed by atoms with Gasteiger partial charge in [-0.05, 0) is 41.3 Å². The molecule has 0 saturated heterocycles. The van der Waals surface area contributed by atoms with E-state index in [0.29, 0.717) is 16.2 Å². The fourth-order valence-corrected chi connectivity index (χ4v) is 3.80. The van der Waals surface area contributed by atoms with Gasteiger partial charge in [0.2, 0.25) is 5.78 Å². The van der Waals surface area contributed by atoms with Crippen molar-refractivity contribution >= 4 is 23.0 Å². The van der Waals surface area contributed by atoms with E-state index in [9.17, 15) is 19.1 Å². The molecule has 1 aliphatic rings. The molecule has 0 fully saturated rings. The number of Topliss-reactive ketones (excluding diaryl/α,β-unsaturated/α-hetero) is 1. The summed E-state index contributed by atoms with van der Waals surface area (Å²) in [5.74, 6) is -1.69. The van der Waals surface area contributed by atoms with E-state index in [4.69, 9.17) is 4.42 Å². The van der Waals surface area contributed by atoms with Crippen LogP contribution in [0.3, 0.4) is 0 Å². The van der Waals surface area contributed by atoms with Crippen LogP contribution >= 0.6 is 11.3 Å². The first kappa shape index (κ1) is 17.2. The van der Waals surface area contributed by atoms with Crippen molar-refractivity contribution < 1.29 is 23.5 Å². The second-order valence-electron chi connectivity index (χ2n) is 6.05. The Hall–Kier alpha value is -3.19. The zero-order chi connectivity index (χ0) is 19.0. The summed E-state index contributed by atoms with van der Waals surface area (Å²) in [6.45, 7) is 0.0930. The molecular formula is C20H14FNO4S. The molecule has 7 heteroatoms. The Kier molecular flexibility index (Phi) is 4.37. The summed E-state index contributed by atoms with van der Waals surface area (Å²) in [5.41, 5.74) is 0.651. The summed E-state index contributed by atoms with van der Waals surface area (Å²) in [7, 11) is 0. The van der Waals surface area contributed by atoms with Crippen molar-refractivity contribution in [2.45, 2.75) is 12.6 Å². The third-order valence-corrected chi connectivity index (χ3v) is 5.24. The van der Waals surface area contributed by atoms with Crippen LogP contribution in [-0.4, -0.2) is 21.7 Å². The van der Waals surface area contributed by atoms with Gasteiger partial charge in [0.25, 0.3) is 5.91 Å². The predicted molar refractivity (Wildman–Crippen MR) is 96.7 cm³/mol. The average molecular weight is 383 g/mol. The van der Waals surface area contributed by atoms with Crippen molar-refractivity contribution in [3.8, 4) is 0 Å². The normalized spacial score (nSPS) is 17.0. The Bertz CT molecular complexity index is 1010. The van der Waals surface area contributed by atoms with Crippen molar-refractivity contribution in [1.82, 2.24) is 4.90 Å². The van der Waals surface area contributed by atoms with E-state index < -0.39 is 23.5 Å². The third-order valence-electron chi connectivity index (χ3n) is 4.37. The van der Waals surface area contributed by atoms with Gasteiger partial charge in [-0.3, -0.25) is 9.59 Å². The fourth-order valence-electron chi connectivity index (χ4n) is 3.12. The minimum absolute atomic E-state index is 0.0143. The Morgan fingerprint density at radius 3 is 2.59 bits per heavy atom. The van der Waals surface area contributed by atoms with Gasteiger partial charge in [-0.15, -0.1) is 11.3 Å². The van der Waals surface area contributed by atoms with Crippen molar-refractivity contribution in [2.24, 2.45) is 0 Å². The number of amides is 1. The number of halogens is 1. The van der Waals surface area contributed by atoms with Crippen LogP contribution in [0.15, 0.2) is 75.9 Å². The van der Waals surface area contributed by atoms with E-state index in [2.05, 4.69) is 0 Å². The quantitative estimate of drug-likeness (QED) is 0.669. The lowest BCUT2D eigenvalue weighted by Gasteiger charge is -2.24. The van der Waals surface area contributed by atoms with Gasteiger partial charge >= 0.3 is 0 Å². The maximum Gasteiger partial charge on any atom is 0.290 e. The maximum atomic E-state index is 13.2. The van der Waals surface area contributed by atoms with Crippen LogP contribution in [0.4, 0.5) is 4.39 Å². The molecular weight excluding hydrogens is 369 g/mol. The molecule has 0 saturated carbocycles. The van der Waals surface area contributed by atoms with E-state index in [1.807, 2.05) is 0 Å². The first-order valence-corrected chi connectivity index (χ1v) is 9.04. The highest BCUT2D eigenvalue weighted by molar-refractivity contribution is 7.12. The zero-order valence-electron chi connectivity index (χ0n) is 14.0. The second-order valence-corrected chi connectivity index (χ2v) is 6.99. The monoisotopic (exact) mass is 383 g/mol. The number of rotatable bonds is 5. The first-order chi connectivity index (χ1) is 13.1. The van der Waals surface area contributed by atoms with Crippen LogP contribution in [0.5, 0.6) is 0 Å². The molecule has 3 heterocycles. The molecule has 1 amide bonds. The number of carbonyl (C=O) groups excluding carboxylic acids is 2. The lowest BCUT2D eigenvalue weighted by Crippen LogP contribution is -2.30. The van der Waals surface area contributed by atoms with Gasteiger partial charge in [-0.25, -0.2) is 4.39 Å². The highest BCUT2D eigenvalue weighted by Gasteiger charge is 2.45. The van der Waals surface area contributed by atoms with Gasteiger partial charge < -0.3 is 14.4 Å². The van der Waals surface area contributed by atoms with E-state index in [0.717, 1.165) is 0 Å². The third kappa shape index (κ3) is 3.06. The Morgan fingerprint density at radius 2 is 1.96 bits per heavy atom. The summed E-state index contributed by atoms with van der Waals surface area (Å²) in [4.78, 5) is 27.4. The number of furan rings is 1. The maximum absolute atomic E-state index is 13.2. The molecule has 1 unspecified atom stereocenters. The topological polar surface area (TPSA) is 70.8 Å². The molecule has 27 heavy (non-hydrogen) atoms. The summed E-state index contributed by atoms with van der Waals surface area (Å²) >= 11 is 1.23. The number of carbonyl (C=O) groups is 2. The highest BCUT2D eigenvalue weighted by Crippen LogP contribution is 2.40. The summed E-state index contributed by atoms with van der Waals surface area (Å²) in [5, 5.41) is 12.2. The number of hydrogen-bond donors (Lipinski definition) is 1. The molecule has 1 N–H and O–H groups in total. The molecule has 2 aromatic heterocycles. The minimum atomic E-state index is -0.854.